The first-order chi connectivity index (χ1) is 8.47. The maximum atomic E-state index is 12.2. The van der Waals surface area contributed by atoms with E-state index in [1.165, 1.54) is 24.4 Å². The van der Waals surface area contributed by atoms with Crippen LogP contribution in [0.4, 0.5) is 13.2 Å². The first kappa shape index (κ1) is 12.5. The summed E-state index contributed by atoms with van der Waals surface area (Å²) in [4.78, 5) is 12.0. The minimum Gasteiger partial charge on any atom is -0.405 e. The second kappa shape index (κ2) is 4.73. The Balaban J connectivity index is 2.36. The Kier molecular flexibility index (Phi) is 3.28. The van der Waals surface area contributed by atoms with Crippen molar-refractivity contribution in [1.29, 1.82) is 0 Å². The van der Waals surface area contributed by atoms with Crippen LogP contribution in [0.5, 0.6) is 5.75 Å². The van der Waals surface area contributed by atoms with Crippen LogP contribution in [0.2, 0.25) is 0 Å². The monoisotopic (exact) mass is 274 g/mol. The molecule has 0 radical (unpaired) electrons. The summed E-state index contributed by atoms with van der Waals surface area (Å²) in [5.41, 5.74) is -0.180. The van der Waals surface area contributed by atoms with E-state index in [4.69, 9.17) is 0 Å². The minimum absolute atomic E-state index is 0.147. The number of hydrogen-bond acceptors (Lipinski definition) is 5. The smallest absolute Gasteiger partial charge is 0.405 e. The Hall–Kier alpha value is -1.96. The van der Waals surface area contributed by atoms with E-state index in [0.717, 1.165) is 17.6 Å². The number of rotatable bonds is 3. The van der Waals surface area contributed by atoms with E-state index in [0.29, 0.717) is 0 Å². The van der Waals surface area contributed by atoms with E-state index in [9.17, 15) is 18.0 Å². The Bertz CT molecular complexity index is 555. The van der Waals surface area contributed by atoms with Gasteiger partial charge in [-0.1, -0.05) is 16.6 Å². The van der Waals surface area contributed by atoms with Crippen molar-refractivity contribution >= 4 is 17.3 Å². The van der Waals surface area contributed by atoms with Gasteiger partial charge >= 0.3 is 6.36 Å². The molecule has 4 nitrogen and oxygen atoms in total. The zero-order valence-electron chi connectivity index (χ0n) is 8.64. The first-order valence-corrected chi connectivity index (χ1v) is 5.41. The molecule has 0 aliphatic rings. The largest absolute Gasteiger partial charge is 0.573 e. The summed E-state index contributed by atoms with van der Waals surface area (Å²) in [5.74, 6) is -1.15. The molecule has 0 atom stereocenters. The Morgan fingerprint density at radius 1 is 1.28 bits per heavy atom. The van der Waals surface area contributed by atoms with Gasteiger partial charge in [-0.05, 0) is 23.7 Å². The van der Waals surface area contributed by atoms with Gasteiger partial charge in [0, 0.05) is 0 Å². The molecule has 1 aromatic carbocycles. The van der Waals surface area contributed by atoms with Gasteiger partial charge in [0.1, 0.15) is 10.6 Å². The van der Waals surface area contributed by atoms with Crippen LogP contribution in [-0.2, 0) is 0 Å². The van der Waals surface area contributed by atoms with Crippen LogP contribution in [0.3, 0.4) is 0 Å². The van der Waals surface area contributed by atoms with Crippen molar-refractivity contribution in [1.82, 2.24) is 9.59 Å². The van der Waals surface area contributed by atoms with Crippen LogP contribution in [0.25, 0.3) is 0 Å². The molecule has 0 saturated heterocycles. The number of aromatic nitrogens is 2. The predicted molar refractivity (Wildman–Crippen MR) is 56.5 cm³/mol. The van der Waals surface area contributed by atoms with Gasteiger partial charge in [-0.3, -0.25) is 4.79 Å². The van der Waals surface area contributed by atoms with Crippen LogP contribution >= 0.6 is 11.5 Å². The summed E-state index contributed by atoms with van der Waals surface area (Å²) in [6.07, 6.45) is -3.65. The number of alkyl halides is 3. The minimum atomic E-state index is -4.84. The van der Waals surface area contributed by atoms with Gasteiger partial charge in [0.2, 0.25) is 5.78 Å². The third-order valence-electron chi connectivity index (χ3n) is 1.94. The van der Waals surface area contributed by atoms with Crippen LogP contribution in [0.15, 0.2) is 30.5 Å². The van der Waals surface area contributed by atoms with Crippen molar-refractivity contribution in [2.75, 3.05) is 0 Å². The fourth-order valence-electron chi connectivity index (χ4n) is 1.27. The molecule has 0 N–H and O–H groups in total. The summed E-state index contributed by atoms with van der Waals surface area (Å²) in [7, 11) is 0. The van der Waals surface area contributed by atoms with Gasteiger partial charge in [-0.15, -0.1) is 18.3 Å². The summed E-state index contributed by atoms with van der Waals surface area (Å²) in [6.45, 7) is 0. The fourth-order valence-corrected chi connectivity index (χ4v) is 1.74. The number of para-hydroxylation sites is 1. The van der Waals surface area contributed by atoms with Crippen molar-refractivity contribution in [2.24, 2.45) is 0 Å². The molecule has 0 fully saturated rings. The molecule has 94 valence electrons. The zero-order valence-corrected chi connectivity index (χ0v) is 9.46. The standard InChI is InChI=1S/C10H5F3N2O2S/c11-10(12,13)17-7-4-2-1-3-6(7)9(16)8-5-14-15-18-8/h1-5H. The molecule has 0 unspecified atom stereocenters. The molecule has 0 aliphatic heterocycles. The fraction of sp³-hybridized carbons (Fsp3) is 0.100. The number of ketones is 1. The van der Waals surface area contributed by atoms with E-state index in [1.807, 2.05) is 0 Å². The quantitative estimate of drug-likeness (QED) is 0.807. The van der Waals surface area contributed by atoms with Crippen LogP contribution < -0.4 is 4.74 Å². The third-order valence-corrected chi connectivity index (χ3v) is 2.61. The van der Waals surface area contributed by atoms with Crippen molar-refractivity contribution < 1.29 is 22.7 Å². The van der Waals surface area contributed by atoms with E-state index < -0.39 is 17.9 Å². The van der Waals surface area contributed by atoms with Crippen LogP contribution in [0.1, 0.15) is 15.2 Å². The molecular weight excluding hydrogens is 269 g/mol. The van der Waals surface area contributed by atoms with Crippen molar-refractivity contribution in [2.45, 2.75) is 6.36 Å². The number of carbonyl (C=O) groups excluding carboxylic acids is 1. The molecule has 2 rings (SSSR count). The topological polar surface area (TPSA) is 52.1 Å². The molecule has 0 bridgehead atoms. The number of carbonyl (C=O) groups is 1. The maximum Gasteiger partial charge on any atom is 0.573 e. The molecule has 1 heterocycles. The van der Waals surface area contributed by atoms with E-state index >= 15 is 0 Å². The van der Waals surface area contributed by atoms with Crippen LogP contribution in [-0.4, -0.2) is 21.7 Å². The van der Waals surface area contributed by atoms with E-state index in [1.54, 1.807) is 0 Å². The lowest BCUT2D eigenvalue weighted by atomic mass is 10.1. The van der Waals surface area contributed by atoms with Gasteiger partial charge < -0.3 is 4.74 Å². The highest BCUT2D eigenvalue weighted by molar-refractivity contribution is 7.08. The Morgan fingerprint density at radius 3 is 2.61 bits per heavy atom. The lowest BCUT2D eigenvalue weighted by molar-refractivity contribution is -0.274. The normalized spacial score (nSPS) is 11.3. The lowest BCUT2D eigenvalue weighted by Gasteiger charge is -2.11. The molecule has 8 heteroatoms. The molecular formula is C10H5F3N2O2S. The first-order valence-electron chi connectivity index (χ1n) is 4.64. The highest BCUT2D eigenvalue weighted by Gasteiger charge is 2.33. The average Bonchev–Trinajstić information content (AvgIpc) is 2.80. The van der Waals surface area contributed by atoms with Crippen molar-refractivity contribution in [3.63, 3.8) is 0 Å². The van der Waals surface area contributed by atoms with E-state index in [2.05, 4.69) is 14.3 Å². The number of ether oxygens (including phenoxy) is 1. The second-order valence-corrected chi connectivity index (χ2v) is 3.94. The lowest BCUT2D eigenvalue weighted by Crippen LogP contribution is -2.19. The zero-order chi connectivity index (χ0) is 13.2. The highest BCUT2D eigenvalue weighted by atomic mass is 32.1. The summed E-state index contributed by atoms with van der Waals surface area (Å²) < 4.78 is 43.8. The van der Waals surface area contributed by atoms with Crippen LogP contribution in [0, 0.1) is 0 Å². The Morgan fingerprint density at radius 2 is 2.00 bits per heavy atom. The summed E-state index contributed by atoms with van der Waals surface area (Å²) in [6, 6.07) is 5.13. The molecule has 2 aromatic rings. The molecule has 0 saturated carbocycles. The molecule has 1 aromatic heterocycles. The number of halogens is 3. The second-order valence-electron chi connectivity index (χ2n) is 3.15. The molecule has 0 spiro atoms. The summed E-state index contributed by atoms with van der Waals surface area (Å²) >= 11 is 0.805. The molecule has 0 amide bonds. The average molecular weight is 274 g/mol. The van der Waals surface area contributed by atoms with Gasteiger partial charge in [-0.25, -0.2) is 0 Å². The highest BCUT2D eigenvalue weighted by Crippen LogP contribution is 2.28. The Labute approximate surface area is 103 Å². The number of benzene rings is 1. The van der Waals surface area contributed by atoms with Gasteiger partial charge in [-0.2, -0.15) is 0 Å². The molecule has 18 heavy (non-hydrogen) atoms. The molecule has 0 aliphatic carbocycles. The van der Waals surface area contributed by atoms with E-state index in [-0.39, 0.29) is 10.4 Å². The predicted octanol–water partition coefficient (Wildman–Crippen LogP) is 2.67. The van der Waals surface area contributed by atoms with Gasteiger partial charge in [0.05, 0.1) is 11.8 Å². The number of nitrogens with zero attached hydrogens (tertiary/aromatic N) is 2. The maximum absolute atomic E-state index is 12.2. The summed E-state index contributed by atoms with van der Waals surface area (Å²) in [5, 5.41) is 3.46. The van der Waals surface area contributed by atoms with Crippen molar-refractivity contribution in [3.8, 4) is 5.75 Å². The SMILES string of the molecule is O=C(c1cnns1)c1ccccc1OC(F)(F)F. The van der Waals surface area contributed by atoms with Gasteiger partial charge in [0.25, 0.3) is 0 Å². The third kappa shape index (κ3) is 2.83. The number of hydrogen-bond donors (Lipinski definition) is 0. The van der Waals surface area contributed by atoms with Gasteiger partial charge in [0.15, 0.2) is 0 Å². The van der Waals surface area contributed by atoms with Crippen molar-refractivity contribution in [3.05, 3.63) is 40.9 Å².